The average Bonchev–Trinajstić information content (AvgIpc) is 2.49. The van der Waals surface area contributed by atoms with Gasteiger partial charge in [0, 0.05) is 12.6 Å². The van der Waals surface area contributed by atoms with E-state index in [0.29, 0.717) is 12.6 Å². The Bertz CT molecular complexity index is 544. The SMILES string of the molecule is NCC(c1ccc2ccccc2c1)N1CCCCC1. The molecule has 1 heterocycles. The molecule has 0 amide bonds. The Morgan fingerprint density at radius 1 is 0.947 bits per heavy atom. The number of piperidine rings is 1. The van der Waals surface area contributed by atoms with Gasteiger partial charge in [-0.3, -0.25) is 4.90 Å². The predicted octanol–water partition coefficient (Wildman–Crippen LogP) is 3.33. The van der Waals surface area contributed by atoms with Crippen LogP contribution in [0.15, 0.2) is 42.5 Å². The maximum absolute atomic E-state index is 6.04. The van der Waals surface area contributed by atoms with Gasteiger partial charge in [-0.05, 0) is 48.3 Å². The predicted molar refractivity (Wildman–Crippen MR) is 81.2 cm³/mol. The first-order valence-corrected chi connectivity index (χ1v) is 7.31. The Labute approximate surface area is 115 Å². The monoisotopic (exact) mass is 254 g/mol. The first-order chi connectivity index (χ1) is 9.38. The highest BCUT2D eigenvalue weighted by Crippen LogP contribution is 2.26. The molecule has 1 atom stereocenters. The summed E-state index contributed by atoms with van der Waals surface area (Å²) in [5, 5.41) is 2.62. The lowest BCUT2D eigenvalue weighted by atomic mass is 9.99. The topological polar surface area (TPSA) is 29.3 Å². The maximum atomic E-state index is 6.04. The number of benzene rings is 2. The highest BCUT2D eigenvalue weighted by atomic mass is 15.2. The van der Waals surface area contributed by atoms with Gasteiger partial charge in [-0.1, -0.05) is 42.8 Å². The molecular formula is C17H22N2. The van der Waals surface area contributed by atoms with Crippen molar-refractivity contribution in [1.29, 1.82) is 0 Å². The second-order valence-electron chi connectivity index (χ2n) is 5.45. The molecular weight excluding hydrogens is 232 g/mol. The van der Waals surface area contributed by atoms with Gasteiger partial charge in [-0.25, -0.2) is 0 Å². The van der Waals surface area contributed by atoms with Gasteiger partial charge >= 0.3 is 0 Å². The molecule has 3 rings (SSSR count). The van der Waals surface area contributed by atoms with E-state index in [9.17, 15) is 0 Å². The fraction of sp³-hybridized carbons (Fsp3) is 0.412. The molecule has 1 saturated heterocycles. The summed E-state index contributed by atoms with van der Waals surface area (Å²) < 4.78 is 0. The third-order valence-corrected chi connectivity index (χ3v) is 4.21. The van der Waals surface area contributed by atoms with Crippen LogP contribution in [0.4, 0.5) is 0 Å². The van der Waals surface area contributed by atoms with Gasteiger partial charge in [0.1, 0.15) is 0 Å². The lowest BCUT2D eigenvalue weighted by Crippen LogP contribution is -2.37. The van der Waals surface area contributed by atoms with Crippen LogP contribution >= 0.6 is 0 Å². The van der Waals surface area contributed by atoms with Crippen molar-refractivity contribution in [1.82, 2.24) is 4.90 Å². The minimum absolute atomic E-state index is 0.380. The van der Waals surface area contributed by atoms with Gasteiger partial charge in [0.25, 0.3) is 0 Å². The zero-order valence-electron chi connectivity index (χ0n) is 11.4. The van der Waals surface area contributed by atoms with Crippen molar-refractivity contribution in [2.75, 3.05) is 19.6 Å². The lowest BCUT2D eigenvalue weighted by molar-refractivity contribution is 0.167. The number of nitrogens with zero attached hydrogens (tertiary/aromatic N) is 1. The quantitative estimate of drug-likeness (QED) is 0.910. The second-order valence-corrected chi connectivity index (χ2v) is 5.45. The molecule has 1 aliphatic rings. The molecule has 2 heteroatoms. The summed E-state index contributed by atoms with van der Waals surface area (Å²) in [5.41, 5.74) is 7.40. The molecule has 0 spiro atoms. The summed E-state index contributed by atoms with van der Waals surface area (Å²) in [6.45, 7) is 3.09. The van der Waals surface area contributed by atoms with Crippen LogP contribution < -0.4 is 5.73 Å². The van der Waals surface area contributed by atoms with Crippen molar-refractivity contribution < 1.29 is 0 Å². The van der Waals surface area contributed by atoms with Crippen LogP contribution in [0.5, 0.6) is 0 Å². The van der Waals surface area contributed by atoms with Crippen LogP contribution in [0.2, 0.25) is 0 Å². The summed E-state index contributed by atoms with van der Waals surface area (Å²) >= 11 is 0. The van der Waals surface area contributed by atoms with Crippen molar-refractivity contribution in [3.63, 3.8) is 0 Å². The molecule has 2 N–H and O–H groups in total. The summed E-state index contributed by atoms with van der Waals surface area (Å²) in [6.07, 6.45) is 3.99. The molecule has 2 aromatic rings. The number of fused-ring (bicyclic) bond motifs is 1. The summed E-state index contributed by atoms with van der Waals surface area (Å²) in [6, 6.07) is 15.7. The molecule has 19 heavy (non-hydrogen) atoms. The van der Waals surface area contributed by atoms with E-state index >= 15 is 0 Å². The third-order valence-electron chi connectivity index (χ3n) is 4.21. The fourth-order valence-corrected chi connectivity index (χ4v) is 3.14. The molecule has 1 fully saturated rings. The largest absolute Gasteiger partial charge is 0.329 e. The summed E-state index contributed by atoms with van der Waals surface area (Å²) in [7, 11) is 0. The van der Waals surface area contributed by atoms with E-state index in [4.69, 9.17) is 5.73 Å². The smallest absolute Gasteiger partial charge is 0.0470 e. The average molecular weight is 254 g/mol. The van der Waals surface area contributed by atoms with Crippen molar-refractivity contribution in [3.05, 3.63) is 48.0 Å². The van der Waals surface area contributed by atoms with E-state index in [-0.39, 0.29) is 0 Å². The molecule has 2 nitrogen and oxygen atoms in total. The Hall–Kier alpha value is -1.38. The van der Waals surface area contributed by atoms with Gasteiger partial charge < -0.3 is 5.73 Å². The van der Waals surface area contributed by atoms with E-state index in [1.807, 2.05) is 0 Å². The summed E-state index contributed by atoms with van der Waals surface area (Å²) in [4.78, 5) is 2.55. The fourth-order valence-electron chi connectivity index (χ4n) is 3.14. The van der Waals surface area contributed by atoms with Crippen LogP contribution in [0.1, 0.15) is 30.9 Å². The molecule has 0 bridgehead atoms. The van der Waals surface area contributed by atoms with Crippen molar-refractivity contribution in [2.45, 2.75) is 25.3 Å². The molecule has 0 aliphatic carbocycles. The number of nitrogens with two attached hydrogens (primary N) is 1. The normalized spacial score (nSPS) is 18.6. The van der Waals surface area contributed by atoms with Crippen LogP contribution in [0.25, 0.3) is 10.8 Å². The molecule has 0 saturated carbocycles. The Kier molecular flexibility index (Phi) is 3.81. The molecule has 100 valence electrons. The van der Waals surface area contributed by atoms with Crippen molar-refractivity contribution in [3.8, 4) is 0 Å². The van der Waals surface area contributed by atoms with E-state index in [2.05, 4.69) is 47.4 Å². The highest BCUT2D eigenvalue weighted by molar-refractivity contribution is 5.83. The van der Waals surface area contributed by atoms with E-state index in [1.54, 1.807) is 0 Å². The maximum Gasteiger partial charge on any atom is 0.0470 e. The minimum Gasteiger partial charge on any atom is -0.329 e. The first-order valence-electron chi connectivity index (χ1n) is 7.31. The van der Waals surface area contributed by atoms with Crippen LogP contribution in [-0.2, 0) is 0 Å². The minimum atomic E-state index is 0.380. The molecule has 0 aromatic heterocycles. The number of rotatable bonds is 3. The number of hydrogen-bond acceptors (Lipinski definition) is 2. The zero-order chi connectivity index (χ0) is 13.1. The molecule has 0 radical (unpaired) electrons. The van der Waals surface area contributed by atoms with Gasteiger partial charge in [0.2, 0.25) is 0 Å². The van der Waals surface area contributed by atoms with Crippen LogP contribution in [0.3, 0.4) is 0 Å². The highest BCUT2D eigenvalue weighted by Gasteiger charge is 2.20. The summed E-state index contributed by atoms with van der Waals surface area (Å²) in [5.74, 6) is 0. The van der Waals surface area contributed by atoms with Gasteiger partial charge in [-0.15, -0.1) is 0 Å². The van der Waals surface area contributed by atoms with Gasteiger partial charge in [0.15, 0.2) is 0 Å². The lowest BCUT2D eigenvalue weighted by Gasteiger charge is -2.34. The van der Waals surface area contributed by atoms with Crippen molar-refractivity contribution in [2.24, 2.45) is 5.73 Å². The van der Waals surface area contributed by atoms with E-state index < -0.39 is 0 Å². The Morgan fingerprint density at radius 2 is 1.68 bits per heavy atom. The number of hydrogen-bond donors (Lipinski definition) is 1. The van der Waals surface area contributed by atoms with Crippen molar-refractivity contribution >= 4 is 10.8 Å². The standard InChI is InChI=1S/C17H22N2/c18-13-17(19-10-4-1-5-11-19)16-9-8-14-6-2-3-7-15(14)12-16/h2-3,6-9,12,17H,1,4-5,10-11,13,18H2. The van der Waals surface area contributed by atoms with Crippen LogP contribution in [0, 0.1) is 0 Å². The van der Waals surface area contributed by atoms with Gasteiger partial charge in [-0.2, -0.15) is 0 Å². The first kappa shape index (κ1) is 12.6. The van der Waals surface area contributed by atoms with Gasteiger partial charge in [0.05, 0.1) is 0 Å². The molecule has 2 aromatic carbocycles. The van der Waals surface area contributed by atoms with E-state index in [1.165, 1.54) is 48.7 Å². The Morgan fingerprint density at radius 3 is 2.42 bits per heavy atom. The molecule has 1 unspecified atom stereocenters. The zero-order valence-corrected chi connectivity index (χ0v) is 11.4. The Balaban J connectivity index is 1.91. The van der Waals surface area contributed by atoms with E-state index in [0.717, 1.165) is 0 Å². The number of likely N-dealkylation sites (tertiary alicyclic amines) is 1. The second kappa shape index (κ2) is 5.72. The molecule has 1 aliphatic heterocycles. The third kappa shape index (κ3) is 2.65. The van der Waals surface area contributed by atoms with Crippen LogP contribution in [-0.4, -0.2) is 24.5 Å².